The minimum atomic E-state index is -0.360. The number of rotatable bonds is 2. The topological polar surface area (TPSA) is 46.2 Å². The van der Waals surface area contributed by atoms with Crippen LogP contribution in [0.4, 0.5) is 0 Å². The van der Waals surface area contributed by atoms with Crippen molar-refractivity contribution >= 4 is 11.8 Å². The molecule has 0 aliphatic carbocycles. The van der Waals surface area contributed by atoms with Crippen molar-refractivity contribution in [3.63, 3.8) is 0 Å². The van der Waals surface area contributed by atoms with Crippen molar-refractivity contribution in [2.24, 2.45) is 5.73 Å². The van der Waals surface area contributed by atoms with Crippen LogP contribution in [0.2, 0.25) is 0 Å². The van der Waals surface area contributed by atoms with Gasteiger partial charge in [-0.25, -0.2) is 0 Å². The maximum atomic E-state index is 8.92. The van der Waals surface area contributed by atoms with Crippen LogP contribution in [-0.2, 0) is 0 Å². The van der Waals surface area contributed by atoms with Gasteiger partial charge in [0.2, 0.25) is 0 Å². The molecule has 1 saturated heterocycles. The largest absolute Gasteiger partial charge is 0.394 e. The molecule has 0 aromatic rings. The molecule has 0 radical (unpaired) electrons. The van der Waals surface area contributed by atoms with E-state index >= 15 is 0 Å². The van der Waals surface area contributed by atoms with Gasteiger partial charge in [-0.15, -0.1) is 0 Å². The van der Waals surface area contributed by atoms with Crippen molar-refractivity contribution in [2.45, 2.75) is 30.6 Å². The predicted molar refractivity (Wildman–Crippen MR) is 45.2 cm³/mol. The molecule has 0 amide bonds. The Labute approximate surface area is 66.2 Å². The van der Waals surface area contributed by atoms with Crippen LogP contribution in [0.1, 0.15) is 19.8 Å². The first-order chi connectivity index (χ1) is 4.67. The molecule has 2 nitrogen and oxygen atoms in total. The predicted octanol–water partition coefficient (Wildman–Crippen LogP) is 0.592. The van der Waals surface area contributed by atoms with Gasteiger partial charge in [0.15, 0.2) is 0 Å². The van der Waals surface area contributed by atoms with Crippen LogP contribution in [0.3, 0.4) is 0 Å². The summed E-state index contributed by atoms with van der Waals surface area (Å²) in [6.45, 7) is 2.03. The van der Waals surface area contributed by atoms with Gasteiger partial charge in [-0.05, 0) is 25.5 Å². The van der Waals surface area contributed by atoms with E-state index in [1.165, 1.54) is 12.2 Å². The monoisotopic (exact) mass is 161 g/mol. The standard InChI is InChI=1S/C7H15NOS/c1-7(8,5-9)6-3-2-4-10-6/h6,9H,2-5,8H2,1H3. The zero-order valence-electron chi connectivity index (χ0n) is 6.34. The van der Waals surface area contributed by atoms with E-state index in [2.05, 4.69) is 0 Å². The van der Waals surface area contributed by atoms with Crippen molar-refractivity contribution in [3.8, 4) is 0 Å². The van der Waals surface area contributed by atoms with Gasteiger partial charge in [0.05, 0.1) is 6.61 Å². The number of aliphatic hydroxyl groups is 1. The Morgan fingerprint density at radius 3 is 2.90 bits per heavy atom. The van der Waals surface area contributed by atoms with Crippen LogP contribution in [0, 0.1) is 0 Å². The van der Waals surface area contributed by atoms with Gasteiger partial charge in [-0.2, -0.15) is 11.8 Å². The fourth-order valence-electron chi connectivity index (χ4n) is 1.20. The second-order valence-corrected chi connectivity index (χ2v) is 4.48. The first-order valence-electron chi connectivity index (χ1n) is 3.68. The van der Waals surface area contributed by atoms with Crippen molar-refractivity contribution in [3.05, 3.63) is 0 Å². The molecule has 2 unspecified atom stereocenters. The summed E-state index contributed by atoms with van der Waals surface area (Å²) in [5, 5.41) is 9.39. The molecule has 2 atom stereocenters. The van der Waals surface area contributed by atoms with E-state index in [9.17, 15) is 0 Å². The Morgan fingerprint density at radius 2 is 2.50 bits per heavy atom. The summed E-state index contributed by atoms with van der Waals surface area (Å²) in [5.74, 6) is 1.21. The van der Waals surface area contributed by atoms with Gasteiger partial charge in [-0.1, -0.05) is 0 Å². The fourth-order valence-corrected chi connectivity index (χ4v) is 2.61. The molecule has 0 saturated carbocycles. The normalized spacial score (nSPS) is 32.1. The van der Waals surface area contributed by atoms with Crippen LogP contribution in [-0.4, -0.2) is 28.3 Å². The highest BCUT2D eigenvalue weighted by molar-refractivity contribution is 8.00. The van der Waals surface area contributed by atoms with Crippen LogP contribution < -0.4 is 5.73 Å². The third-order valence-corrected chi connectivity index (χ3v) is 3.71. The zero-order valence-corrected chi connectivity index (χ0v) is 7.16. The Morgan fingerprint density at radius 1 is 1.80 bits per heavy atom. The molecule has 0 spiro atoms. The Bertz CT molecular complexity index is 110. The zero-order chi connectivity index (χ0) is 7.61. The number of thioether (sulfide) groups is 1. The van der Waals surface area contributed by atoms with Gasteiger partial charge < -0.3 is 10.8 Å². The third kappa shape index (κ3) is 1.65. The molecule has 1 heterocycles. The lowest BCUT2D eigenvalue weighted by Crippen LogP contribution is -2.48. The van der Waals surface area contributed by atoms with Gasteiger partial charge in [-0.3, -0.25) is 0 Å². The maximum Gasteiger partial charge on any atom is 0.0619 e. The van der Waals surface area contributed by atoms with Gasteiger partial charge in [0.25, 0.3) is 0 Å². The molecule has 1 aliphatic rings. The van der Waals surface area contributed by atoms with Gasteiger partial charge >= 0.3 is 0 Å². The van der Waals surface area contributed by atoms with E-state index in [0.717, 1.165) is 6.42 Å². The number of hydrogen-bond acceptors (Lipinski definition) is 3. The van der Waals surface area contributed by atoms with E-state index in [-0.39, 0.29) is 12.1 Å². The first-order valence-corrected chi connectivity index (χ1v) is 4.73. The lowest BCUT2D eigenvalue weighted by molar-refractivity contribution is 0.204. The summed E-state index contributed by atoms with van der Waals surface area (Å²) in [6, 6.07) is 0. The second kappa shape index (κ2) is 3.11. The second-order valence-electron chi connectivity index (χ2n) is 3.17. The summed E-state index contributed by atoms with van der Waals surface area (Å²) >= 11 is 1.89. The average molecular weight is 161 g/mol. The molecule has 3 N–H and O–H groups in total. The van der Waals surface area contributed by atoms with Crippen LogP contribution >= 0.6 is 11.8 Å². The third-order valence-electron chi connectivity index (χ3n) is 2.01. The van der Waals surface area contributed by atoms with Crippen molar-refractivity contribution in [1.29, 1.82) is 0 Å². The Kier molecular flexibility index (Phi) is 2.61. The quantitative estimate of drug-likeness (QED) is 0.623. The average Bonchev–Trinajstić information content (AvgIpc) is 2.38. The maximum absolute atomic E-state index is 8.92. The molecule has 1 rings (SSSR count). The molecule has 1 fully saturated rings. The molecular weight excluding hydrogens is 146 g/mol. The fraction of sp³-hybridized carbons (Fsp3) is 1.00. The molecule has 3 heteroatoms. The SMILES string of the molecule is CC(N)(CO)C1CCCS1. The molecule has 10 heavy (non-hydrogen) atoms. The first kappa shape index (κ1) is 8.37. The van der Waals surface area contributed by atoms with E-state index in [4.69, 9.17) is 10.8 Å². The van der Waals surface area contributed by atoms with E-state index in [1.807, 2.05) is 18.7 Å². The summed E-state index contributed by atoms with van der Waals surface area (Å²) in [5.41, 5.74) is 5.49. The Hall–Kier alpha value is 0.270. The van der Waals surface area contributed by atoms with Crippen molar-refractivity contribution in [1.82, 2.24) is 0 Å². The van der Waals surface area contributed by atoms with Crippen LogP contribution in [0.5, 0.6) is 0 Å². The van der Waals surface area contributed by atoms with Crippen molar-refractivity contribution < 1.29 is 5.11 Å². The number of nitrogens with two attached hydrogens (primary N) is 1. The van der Waals surface area contributed by atoms with E-state index in [0.29, 0.717) is 5.25 Å². The van der Waals surface area contributed by atoms with Crippen LogP contribution in [0.15, 0.2) is 0 Å². The summed E-state index contributed by atoms with van der Waals surface area (Å²) in [7, 11) is 0. The van der Waals surface area contributed by atoms with E-state index < -0.39 is 0 Å². The lowest BCUT2D eigenvalue weighted by Gasteiger charge is -2.28. The molecule has 0 aromatic heterocycles. The highest BCUT2D eigenvalue weighted by atomic mass is 32.2. The van der Waals surface area contributed by atoms with Gasteiger partial charge in [0, 0.05) is 10.8 Å². The molecule has 0 bridgehead atoms. The summed E-state index contributed by atoms with van der Waals surface area (Å²) in [4.78, 5) is 0. The molecule has 1 aliphatic heterocycles. The summed E-state index contributed by atoms with van der Waals surface area (Å²) < 4.78 is 0. The number of hydrogen-bond donors (Lipinski definition) is 2. The lowest BCUT2D eigenvalue weighted by atomic mass is 9.97. The molecule has 0 aromatic carbocycles. The van der Waals surface area contributed by atoms with Crippen molar-refractivity contribution in [2.75, 3.05) is 12.4 Å². The van der Waals surface area contributed by atoms with Gasteiger partial charge in [0.1, 0.15) is 0 Å². The highest BCUT2D eigenvalue weighted by Crippen LogP contribution is 2.32. The Balaban J connectivity index is 2.45. The molecule has 60 valence electrons. The summed E-state index contributed by atoms with van der Waals surface area (Å²) in [6.07, 6.45) is 2.42. The number of aliphatic hydroxyl groups excluding tert-OH is 1. The minimum absolute atomic E-state index is 0.102. The highest BCUT2D eigenvalue weighted by Gasteiger charge is 2.32. The van der Waals surface area contributed by atoms with Crippen LogP contribution in [0.25, 0.3) is 0 Å². The smallest absolute Gasteiger partial charge is 0.0619 e. The van der Waals surface area contributed by atoms with E-state index in [1.54, 1.807) is 0 Å². The minimum Gasteiger partial charge on any atom is -0.394 e. The molecular formula is C7H15NOS.